The summed E-state index contributed by atoms with van der Waals surface area (Å²) >= 11 is 0. The first-order valence-electron chi connectivity index (χ1n) is 6.38. The minimum Gasteiger partial charge on any atom is -0.465 e. The summed E-state index contributed by atoms with van der Waals surface area (Å²) in [5, 5.41) is 0. The fourth-order valence-electron chi connectivity index (χ4n) is 1.57. The summed E-state index contributed by atoms with van der Waals surface area (Å²) in [6.07, 6.45) is 3.53. The Morgan fingerprint density at radius 2 is 1.88 bits per heavy atom. The van der Waals surface area contributed by atoms with Crippen LogP contribution in [0.1, 0.15) is 38.7 Å². The summed E-state index contributed by atoms with van der Waals surface area (Å²) in [7, 11) is 0. The highest BCUT2D eigenvalue weighted by atomic mass is 16.5. The predicted octanol–water partition coefficient (Wildman–Crippen LogP) is 3.60. The second-order valence-corrected chi connectivity index (χ2v) is 4.77. The van der Waals surface area contributed by atoms with E-state index in [1.165, 1.54) is 5.56 Å². The zero-order valence-electron chi connectivity index (χ0n) is 10.8. The van der Waals surface area contributed by atoms with Gasteiger partial charge in [-0.3, -0.25) is 4.79 Å². The molecule has 0 heterocycles. The number of carbonyl (C=O) groups is 1. The van der Waals surface area contributed by atoms with Crippen molar-refractivity contribution < 1.29 is 9.53 Å². The van der Waals surface area contributed by atoms with E-state index in [4.69, 9.17) is 4.74 Å². The van der Waals surface area contributed by atoms with Gasteiger partial charge in [-0.25, -0.2) is 0 Å². The Kier molecular flexibility index (Phi) is 6.38. The molecule has 1 rings (SSSR count). The third-order valence-electron chi connectivity index (χ3n) is 2.52. The topological polar surface area (TPSA) is 26.3 Å². The van der Waals surface area contributed by atoms with Crippen molar-refractivity contribution in [3.05, 3.63) is 35.9 Å². The lowest BCUT2D eigenvalue weighted by molar-refractivity contribution is -0.144. The largest absolute Gasteiger partial charge is 0.465 e. The van der Waals surface area contributed by atoms with Crippen LogP contribution in [-0.4, -0.2) is 12.6 Å². The van der Waals surface area contributed by atoms with Gasteiger partial charge in [-0.05, 0) is 30.7 Å². The monoisotopic (exact) mass is 234 g/mol. The van der Waals surface area contributed by atoms with E-state index < -0.39 is 0 Å². The molecule has 0 unspecified atom stereocenters. The van der Waals surface area contributed by atoms with E-state index >= 15 is 0 Å². The lowest BCUT2D eigenvalue weighted by Crippen LogP contribution is -2.09. The number of carbonyl (C=O) groups excluding carboxylic acids is 1. The van der Waals surface area contributed by atoms with Crippen molar-refractivity contribution in [2.75, 3.05) is 6.61 Å². The quantitative estimate of drug-likeness (QED) is 0.532. The zero-order valence-corrected chi connectivity index (χ0v) is 10.8. The molecular formula is C15H22O2. The van der Waals surface area contributed by atoms with Crippen molar-refractivity contribution in [2.24, 2.45) is 5.92 Å². The molecule has 0 fully saturated rings. The highest BCUT2D eigenvalue weighted by molar-refractivity contribution is 5.69. The van der Waals surface area contributed by atoms with Crippen LogP contribution in [0, 0.1) is 5.92 Å². The van der Waals surface area contributed by atoms with Crippen molar-refractivity contribution >= 4 is 5.97 Å². The molecule has 0 atom stereocenters. The first-order chi connectivity index (χ1) is 8.18. The Balaban J connectivity index is 2.06. The molecule has 2 nitrogen and oxygen atoms in total. The third-order valence-corrected chi connectivity index (χ3v) is 2.52. The van der Waals surface area contributed by atoms with Crippen LogP contribution in [-0.2, 0) is 16.0 Å². The van der Waals surface area contributed by atoms with E-state index in [1.807, 2.05) is 32.0 Å². The van der Waals surface area contributed by atoms with E-state index in [2.05, 4.69) is 12.1 Å². The maximum Gasteiger partial charge on any atom is 0.305 e. The van der Waals surface area contributed by atoms with Crippen LogP contribution in [0.25, 0.3) is 0 Å². The predicted molar refractivity (Wildman–Crippen MR) is 69.8 cm³/mol. The van der Waals surface area contributed by atoms with Crippen LogP contribution in [0.2, 0.25) is 0 Å². The van der Waals surface area contributed by atoms with E-state index in [0.717, 1.165) is 19.3 Å². The summed E-state index contributed by atoms with van der Waals surface area (Å²) in [5.74, 6) is 0.357. The molecular weight excluding hydrogens is 212 g/mol. The molecule has 0 amide bonds. The minimum atomic E-state index is -0.0632. The Bertz CT molecular complexity index is 317. The van der Waals surface area contributed by atoms with Crippen LogP contribution in [0.15, 0.2) is 30.3 Å². The molecule has 0 bridgehead atoms. The molecule has 0 spiro atoms. The Morgan fingerprint density at radius 3 is 2.53 bits per heavy atom. The van der Waals surface area contributed by atoms with Gasteiger partial charge in [0.05, 0.1) is 6.61 Å². The number of rotatable bonds is 7. The highest BCUT2D eigenvalue weighted by Crippen LogP contribution is 2.07. The minimum absolute atomic E-state index is 0.0632. The van der Waals surface area contributed by atoms with Gasteiger partial charge in [0, 0.05) is 6.42 Å². The van der Waals surface area contributed by atoms with Crippen molar-refractivity contribution in [1.29, 1.82) is 0 Å². The standard InChI is InChI=1S/C15H22O2/c1-13(2)12-17-15(16)11-7-6-10-14-8-4-3-5-9-14/h3-5,8-9,13H,6-7,10-12H2,1-2H3. The summed E-state index contributed by atoms with van der Waals surface area (Å²) in [6.45, 7) is 4.63. The van der Waals surface area contributed by atoms with Crippen molar-refractivity contribution in [1.82, 2.24) is 0 Å². The Labute approximate surface area is 104 Å². The van der Waals surface area contributed by atoms with Crippen LogP contribution >= 0.6 is 0 Å². The van der Waals surface area contributed by atoms with Crippen LogP contribution < -0.4 is 0 Å². The lowest BCUT2D eigenvalue weighted by Gasteiger charge is -2.06. The lowest BCUT2D eigenvalue weighted by atomic mass is 10.1. The third kappa shape index (κ3) is 6.77. The maximum absolute atomic E-state index is 11.3. The number of ether oxygens (including phenoxy) is 1. The van der Waals surface area contributed by atoms with E-state index in [0.29, 0.717) is 18.9 Å². The summed E-state index contributed by atoms with van der Waals surface area (Å²) in [5.41, 5.74) is 1.34. The molecule has 0 aliphatic carbocycles. The van der Waals surface area contributed by atoms with Crippen LogP contribution in [0.3, 0.4) is 0 Å². The number of benzene rings is 1. The van der Waals surface area contributed by atoms with Crippen molar-refractivity contribution in [3.63, 3.8) is 0 Å². The number of esters is 1. The maximum atomic E-state index is 11.3. The smallest absolute Gasteiger partial charge is 0.305 e. The molecule has 0 aromatic heterocycles. The average Bonchev–Trinajstić information content (AvgIpc) is 2.33. The zero-order chi connectivity index (χ0) is 12.5. The number of unbranched alkanes of at least 4 members (excludes halogenated alkanes) is 1. The number of hydrogen-bond donors (Lipinski definition) is 0. The molecule has 94 valence electrons. The second kappa shape index (κ2) is 7.88. The van der Waals surface area contributed by atoms with Gasteiger partial charge >= 0.3 is 5.97 Å². The second-order valence-electron chi connectivity index (χ2n) is 4.77. The van der Waals surface area contributed by atoms with Gasteiger partial charge < -0.3 is 4.74 Å². The normalized spacial score (nSPS) is 10.5. The van der Waals surface area contributed by atoms with Crippen LogP contribution in [0.5, 0.6) is 0 Å². The molecule has 1 aromatic carbocycles. The van der Waals surface area contributed by atoms with Gasteiger partial charge in [0.15, 0.2) is 0 Å². The van der Waals surface area contributed by atoms with Gasteiger partial charge in [0.1, 0.15) is 0 Å². The fourth-order valence-corrected chi connectivity index (χ4v) is 1.57. The van der Waals surface area contributed by atoms with E-state index in [-0.39, 0.29) is 5.97 Å². The van der Waals surface area contributed by atoms with Crippen molar-refractivity contribution in [3.8, 4) is 0 Å². The molecule has 0 aliphatic heterocycles. The highest BCUT2D eigenvalue weighted by Gasteiger charge is 2.03. The molecule has 0 radical (unpaired) electrons. The molecule has 2 heteroatoms. The van der Waals surface area contributed by atoms with E-state index in [9.17, 15) is 4.79 Å². The average molecular weight is 234 g/mol. The van der Waals surface area contributed by atoms with Gasteiger partial charge in [0.25, 0.3) is 0 Å². The fraction of sp³-hybridized carbons (Fsp3) is 0.533. The number of aryl methyl sites for hydroxylation is 1. The van der Waals surface area contributed by atoms with Gasteiger partial charge in [-0.1, -0.05) is 44.2 Å². The first-order valence-corrected chi connectivity index (χ1v) is 6.38. The molecule has 0 saturated heterocycles. The summed E-state index contributed by atoms with van der Waals surface area (Å²) in [6, 6.07) is 10.4. The Hall–Kier alpha value is -1.31. The van der Waals surface area contributed by atoms with Gasteiger partial charge in [-0.2, -0.15) is 0 Å². The Morgan fingerprint density at radius 1 is 1.18 bits per heavy atom. The molecule has 0 aliphatic rings. The van der Waals surface area contributed by atoms with E-state index in [1.54, 1.807) is 0 Å². The number of hydrogen-bond acceptors (Lipinski definition) is 2. The molecule has 0 N–H and O–H groups in total. The van der Waals surface area contributed by atoms with Gasteiger partial charge in [-0.15, -0.1) is 0 Å². The summed E-state index contributed by atoms with van der Waals surface area (Å²) < 4.78 is 5.12. The molecule has 17 heavy (non-hydrogen) atoms. The molecule has 1 aromatic rings. The SMILES string of the molecule is CC(C)COC(=O)CCCCc1ccccc1. The molecule has 0 saturated carbocycles. The first kappa shape index (κ1) is 13.8. The van der Waals surface area contributed by atoms with Crippen LogP contribution in [0.4, 0.5) is 0 Å². The van der Waals surface area contributed by atoms with Gasteiger partial charge in [0.2, 0.25) is 0 Å². The van der Waals surface area contributed by atoms with Crippen molar-refractivity contribution in [2.45, 2.75) is 39.5 Å². The summed E-state index contributed by atoms with van der Waals surface area (Å²) in [4.78, 5) is 11.3.